The van der Waals surface area contributed by atoms with Crippen molar-refractivity contribution in [2.45, 2.75) is 0 Å². The van der Waals surface area contributed by atoms with E-state index in [-0.39, 0.29) is 22.1 Å². The molecule has 5 heteroatoms. The van der Waals surface area contributed by atoms with Gasteiger partial charge >= 0.3 is 0 Å². The van der Waals surface area contributed by atoms with Gasteiger partial charge in [0.1, 0.15) is 5.82 Å². The van der Waals surface area contributed by atoms with Crippen molar-refractivity contribution in [3.63, 3.8) is 0 Å². The van der Waals surface area contributed by atoms with E-state index in [9.17, 15) is 9.18 Å². The highest BCUT2D eigenvalue weighted by atomic mass is 35.5. The summed E-state index contributed by atoms with van der Waals surface area (Å²) in [6.07, 6.45) is 0. The van der Waals surface area contributed by atoms with E-state index in [0.29, 0.717) is 10.6 Å². The highest BCUT2D eigenvalue weighted by molar-refractivity contribution is 6.42. The number of nitrogens with two attached hydrogens (primary N) is 1. The minimum absolute atomic E-state index is 0.0890. The zero-order valence-electron chi connectivity index (χ0n) is 9.08. The van der Waals surface area contributed by atoms with Gasteiger partial charge in [-0.2, -0.15) is 0 Å². The number of ketones is 1. The second kappa shape index (κ2) is 4.96. The highest BCUT2D eigenvalue weighted by Gasteiger charge is 2.14. The van der Waals surface area contributed by atoms with Gasteiger partial charge in [-0.15, -0.1) is 0 Å². The van der Waals surface area contributed by atoms with Crippen molar-refractivity contribution in [2.24, 2.45) is 0 Å². The first-order chi connectivity index (χ1) is 8.49. The van der Waals surface area contributed by atoms with Crippen LogP contribution in [0.25, 0.3) is 0 Å². The average Bonchev–Trinajstić information content (AvgIpc) is 2.32. The summed E-state index contributed by atoms with van der Waals surface area (Å²) in [7, 11) is 0. The Morgan fingerprint density at radius 2 is 1.78 bits per heavy atom. The number of halogens is 3. The topological polar surface area (TPSA) is 43.1 Å². The van der Waals surface area contributed by atoms with Gasteiger partial charge in [-0.05, 0) is 36.4 Å². The molecular formula is C13H8Cl2FNO. The Kier molecular flexibility index (Phi) is 3.55. The maximum absolute atomic E-state index is 12.9. The van der Waals surface area contributed by atoms with Gasteiger partial charge in [-0.3, -0.25) is 4.79 Å². The molecule has 0 saturated heterocycles. The van der Waals surface area contributed by atoms with E-state index in [4.69, 9.17) is 28.9 Å². The number of hydrogen-bond acceptors (Lipinski definition) is 2. The third-order valence-electron chi connectivity index (χ3n) is 2.44. The molecule has 2 nitrogen and oxygen atoms in total. The van der Waals surface area contributed by atoms with Crippen LogP contribution in [0.15, 0.2) is 36.4 Å². The van der Waals surface area contributed by atoms with Crippen molar-refractivity contribution in [3.05, 3.63) is 63.4 Å². The van der Waals surface area contributed by atoms with Crippen LogP contribution >= 0.6 is 23.2 Å². The zero-order valence-corrected chi connectivity index (χ0v) is 10.6. The van der Waals surface area contributed by atoms with Gasteiger partial charge in [-0.25, -0.2) is 4.39 Å². The number of carbonyl (C=O) groups excluding carboxylic acids is 1. The van der Waals surface area contributed by atoms with E-state index in [1.165, 1.54) is 24.3 Å². The largest absolute Gasteiger partial charge is 0.398 e. The van der Waals surface area contributed by atoms with E-state index < -0.39 is 5.82 Å². The summed E-state index contributed by atoms with van der Waals surface area (Å²) in [4.78, 5) is 12.1. The van der Waals surface area contributed by atoms with E-state index in [1.807, 2.05) is 0 Å². The van der Waals surface area contributed by atoms with E-state index >= 15 is 0 Å². The smallest absolute Gasteiger partial charge is 0.195 e. The molecule has 0 aliphatic carbocycles. The molecule has 0 amide bonds. The lowest BCUT2D eigenvalue weighted by molar-refractivity contribution is 0.103. The molecule has 18 heavy (non-hydrogen) atoms. The number of carbonyl (C=O) groups is 1. The second-order valence-electron chi connectivity index (χ2n) is 3.69. The van der Waals surface area contributed by atoms with Crippen molar-refractivity contribution < 1.29 is 9.18 Å². The Morgan fingerprint density at radius 1 is 1.06 bits per heavy atom. The minimum atomic E-state index is -0.488. The lowest BCUT2D eigenvalue weighted by Gasteiger charge is -2.06. The first-order valence-corrected chi connectivity index (χ1v) is 5.79. The SMILES string of the molecule is Nc1cc(F)ccc1C(=O)c1ccc(Cl)c(Cl)c1. The molecule has 0 radical (unpaired) electrons. The molecule has 0 aliphatic heterocycles. The molecule has 2 aromatic carbocycles. The predicted octanol–water partition coefficient (Wildman–Crippen LogP) is 3.95. The van der Waals surface area contributed by atoms with Crippen molar-refractivity contribution in [3.8, 4) is 0 Å². The molecular weight excluding hydrogens is 276 g/mol. The average molecular weight is 284 g/mol. The summed E-state index contributed by atoms with van der Waals surface area (Å²) >= 11 is 11.6. The summed E-state index contributed by atoms with van der Waals surface area (Å²) in [6.45, 7) is 0. The van der Waals surface area contributed by atoms with Crippen LogP contribution < -0.4 is 5.73 Å². The summed E-state index contributed by atoms with van der Waals surface area (Å²) in [5.41, 5.74) is 6.28. The summed E-state index contributed by atoms with van der Waals surface area (Å²) in [5.74, 6) is -0.816. The number of benzene rings is 2. The minimum Gasteiger partial charge on any atom is -0.398 e. The standard InChI is InChI=1S/C13H8Cl2FNO/c14-10-4-1-7(5-11(10)15)13(18)9-3-2-8(16)6-12(9)17/h1-6H,17H2. The maximum atomic E-state index is 12.9. The predicted molar refractivity (Wildman–Crippen MR) is 70.7 cm³/mol. The number of nitrogen functional groups attached to an aromatic ring is 1. The van der Waals surface area contributed by atoms with Gasteiger partial charge in [0, 0.05) is 16.8 Å². The van der Waals surface area contributed by atoms with Crippen molar-refractivity contribution >= 4 is 34.7 Å². The molecule has 0 aromatic heterocycles. The van der Waals surface area contributed by atoms with Gasteiger partial charge < -0.3 is 5.73 Å². The Hall–Kier alpha value is -1.58. The van der Waals surface area contributed by atoms with Crippen LogP contribution in [0.1, 0.15) is 15.9 Å². The summed E-state index contributed by atoms with van der Waals surface area (Å²) < 4.78 is 12.9. The third-order valence-corrected chi connectivity index (χ3v) is 3.18. The van der Waals surface area contributed by atoms with Gasteiger partial charge in [0.2, 0.25) is 0 Å². The summed E-state index contributed by atoms with van der Waals surface area (Å²) in [6, 6.07) is 8.15. The number of rotatable bonds is 2. The molecule has 2 rings (SSSR count). The van der Waals surface area contributed by atoms with Crippen LogP contribution in [0.4, 0.5) is 10.1 Å². The molecule has 2 aromatic rings. The van der Waals surface area contributed by atoms with Gasteiger partial charge in [0.15, 0.2) is 5.78 Å². The van der Waals surface area contributed by atoms with Crippen LogP contribution in [0, 0.1) is 5.82 Å². The molecule has 0 aliphatic rings. The number of anilines is 1. The molecule has 0 unspecified atom stereocenters. The van der Waals surface area contributed by atoms with Crippen LogP contribution in [0.5, 0.6) is 0 Å². The lowest BCUT2D eigenvalue weighted by Crippen LogP contribution is -2.05. The molecule has 0 saturated carbocycles. The molecule has 0 fully saturated rings. The fourth-order valence-electron chi connectivity index (χ4n) is 1.53. The van der Waals surface area contributed by atoms with Crippen molar-refractivity contribution in [2.75, 3.05) is 5.73 Å². The fraction of sp³-hybridized carbons (Fsp3) is 0. The monoisotopic (exact) mass is 283 g/mol. The first kappa shape index (κ1) is 12.9. The van der Waals surface area contributed by atoms with E-state index in [1.54, 1.807) is 6.07 Å². The first-order valence-electron chi connectivity index (χ1n) is 5.04. The molecule has 0 spiro atoms. The fourth-order valence-corrected chi connectivity index (χ4v) is 1.83. The number of hydrogen-bond donors (Lipinski definition) is 1. The van der Waals surface area contributed by atoms with Crippen LogP contribution in [0.2, 0.25) is 10.0 Å². The lowest BCUT2D eigenvalue weighted by atomic mass is 10.0. The maximum Gasteiger partial charge on any atom is 0.195 e. The summed E-state index contributed by atoms with van der Waals surface area (Å²) in [5, 5.41) is 0.642. The Morgan fingerprint density at radius 3 is 2.39 bits per heavy atom. The molecule has 0 atom stereocenters. The zero-order chi connectivity index (χ0) is 13.3. The molecule has 0 heterocycles. The van der Waals surface area contributed by atoms with Crippen LogP contribution in [0.3, 0.4) is 0 Å². The Labute approximate surface area is 113 Å². The van der Waals surface area contributed by atoms with Crippen LogP contribution in [-0.2, 0) is 0 Å². The molecule has 0 bridgehead atoms. The van der Waals surface area contributed by atoms with Gasteiger partial charge in [0.05, 0.1) is 10.0 Å². The van der Waals surface area contributed by atoms with Crippen LogP contribution in [-0.4, -0.2) is 5.78 Å². The normalized spacial score (nSPS) is 10.4. The van der Waals surface area contributed by atoms with E-state index in [0.717, 1.165) is 6.07 Å². The highest BCUT2D eigenvalue weighted by Crippen LogP contribution is 2.25. The quantitative estimate of drug-likeness (QED) is 0.670. The van der Waals surface area contributed by atoms with E-state index in [2.05, 4.69) is 0 Å². The van der Waals surface area contributed by atoms with Gasteiger partial charge in [-0.1, -0.05) is 23.2 Å². The third kappa shape index (κ3) is 2.47. The Balaban J connectivity index is 2.44. The van der Waals surface area contributed by atoms with Crippen molar-refractivity contribution in [1.29, 1.82) is 0 Å². The second-order valence-corrected chi connectivity index (χ2v) is 4.50. The molecule has 2 N–H and O–H groups in total. The Bertz CT molecular complexity index is 628. The molecule has 92 valence electrons. The van der Waals surface area contributed by atoms with Gasteiger partial charge in [0.25, 0.3) is 0 Å². The van der Waals surface area contributed by atoms with Crippen molar-refractivity contribution in [1.82, 2.24) is 0 Å².